The molecule has 0 saturated carbocycles. The van der Waals surface area contributed by atoms with Gasteiger partial charge in [-0.2, -0.15) is 5.10 Å². The zero-order valence-corrected chi connectivity index (χ0v) is 13.4. The fourth-order valence-corrected chi connectivity index (χ4v) is 3.62. The Morgan fingerprint density at radius 1 is 1.30 bits per heavy atom. The van der Waals surface area contributed by atoms with Crippen LogP contribution < -0.4 is 0 Å². The molecule has 1 spiro atoms. The first-order valence-electron chi connectivity index (χ1n) is 8.16. The Morgan fingerprint density at radius 2 is 2.17 bits per heavy atom. The number of morpholine rings is 1. The average Bonchev–Trinajstić information content (AvgIpc) is 3.17. The Hall–Kier alpha value is -1.76. The summed E-state index contributed by atoms with van der Waals surface area (Å²) in [5.74, 6) is 0.958. The van der Waals surface area contributed by atoms with Crippen molar-refractivity contribution in [1.29, 1.82) is 0 Å². The Bertz CT molecular complexity index is 652. The van der Waals surface area contributed by atoms with Crippen molar-refractivity contribution in [3.05, 3.63) is 42.5 Å². The van der Waals surface area contributed by atoms with Gasteiger partial charge in [0.2, 0.25) is 0 Å². The van der Waals surface area contributed by atoms with Gasteiger partial charge in [-0.15, -0.1) is 0 Å². The predicted molar refractivity (Wildman–Crippen MR) is 85.4 cm³/mol. The third-order valence-corrected chi connectivity index (χ3v) is 4.53. The maximum absolute atomic E-state index is 6.19. The zero-order chi connectivity index (χ0) is 15.7. The highest BCUT2D eigenvalue weighted by molar-refractivity contribution is 5.30. The molecule has 6 nitrogen and oxygen atoms in total. The van der Waals surface area contributed by atoms with Crippen LogP contribution in [-0.4, -0.2) is 57.7 Å². The minimum absolute atomic E-state index is 0.144. The van der Waals surface area contributed by atoms with Gasteiger partial charge in [-0.25, -0.2) is 9.67 Å². The number of para-hydroxylation sites is 1. The standard InChI is InChI=1S/C17H22N4O2/c1-14-9-20(11-17(23-14)7-8-22-12-17)10-16-18-13-19-21(16)15-5-3-2-4-6-15/h2-6,13-14H,7-12H2,1H3. The lowest BCUT2D eigenvalue weighted by Crippen LogP contribution is -2.55. The maximum Gasteiger partial charge on any atom is 0.146 e. The molecule has 0 aliphatic carbocycles. The topological polar surface area (TPSA) is 52.4 Å². The number of benzene rings is 1. The van der Waals surface area contributed by atoms with Crippen LogP contribution in [0.15, 0.2) is 36.7 Å². The molecule has 0 amide bonds. The second-order valence-corrected chi connectivity index (χ2v) is 6.51. The molecule has 0 N–H and O–H groups in total. The minimum atomic E-state index is -0.144. The molecule has 2 saturated heterocycles. The number of ether oxygens (including phenoxy) is 2. The maximum atomic E-state index is 6.19. The van der Waals surface area contributed by atoms with E-state index in [9.17, 15) is 0 Å². The first-order valence-corrected chi connectivity index (χ1v) is 8.16. The summed E-state index contributed by atoms with van der Waals surface area (Å²) in [4.78, 5) is 6.87. The van der Waals surface area contributed by atoms with Crippen molar-refractivity contribution in [1.82, 2.24) is 19.7 Å². The van der Waals surface area contributed by atoms with Crippen LogP contribution in [-0.2, 0) is 16.0 Å². The van der Waals surface area contributed by atoms with Gasteiger partial charge in [0.25, 0.3) is 0 Å². The molecule has 2 unspecified atom stereocenters. The number of rotatable bonds is 3. The normalized spacial score (nSPS) is 28.5. The molecule has 2 aliphatic rings. The van der Waals surface area contributed by atoms with Crippen molar-refractivity contribution in [2.24, 2.45) is 0 Å². The lowest BCUT2D eigenvalue weighted by molar-refractivity contribution is -0.149. The second kappa shape index (κ2) is 6.03. The van der Waals surface area contributed by atoms with E-state index in [0.717, 1.165) is 44.2 Å². The molecule has 23 heavy (non-hydrogen) atoms. The quantitative estimate of drug-likeness (QED) is 0.862. The first-order chi connectivity index (χ1) is 11.2. The van der Waals surface area contributed by atoms with Crippen LogP contribution in [0.3, 0.4) is 0 Å². The number of aromatic nitrogens is 3. The molecule has 2 atom stereocenters. The van der Waals surface area contributed by atoms with Crippen LogP contribution in [0.2, 0.25) is 0 Å². The molecule has 0 radical (unpaired) electrons. The molecule has 4 rings (SSSR count). The molecule has 2 aliphatic heterocycles. The van der Waals surface area contributed by atoms with Gasteiger partial charge in [-0.05, 0) is 19.1 Å². The van der Waals surface area contributed by atoms with Gasteiger partial charge in [0.15, 0.2) is 0 Å². The van der Waals surface area contributed by atoms with E-state index in [0.29, 0.717) is 6.61 Å². The van der Waals surface area contributed by atoms with Crippen LogP contribution in [0.4, 0.5) is 0 Å². The molecule has 1 aromatic carbocycles. The number of nitrogens with zero attached hydrogens (tertiary/aromatic N) is 4. The van der Waals surface area contributed by atoms with E-state index >= 15 is 0 Å². The third-order valence-electron chi connectivity index (χ3n) is 4.53. The monoisotopic (exact) mass is 314 g/mol. The third kappa shape index (κ3) is 3.02. The largest absolute Gasteiger partial charge is 0.378 e. The summed E-state index contributed by atoms with van der Waals surface area (Å²) < 4.78 is 13.7. The minimum Gasteiger partial charge on any atom is -0.378 e. The summed E-state index contributed by atoms with van der Waals surface area (Å²) in [7, 11) is 0. The molecule has 2 aromatic rings. The molecule has 3 heterocycles. The Morgan fingerprint density at radius 3 is 2.96 bits per heavy atom. The predicted octanol–water partition coefficient (Wildman–Crippen LogP) is 1.65. The van der Waals surface area contributed by atoms with Gasteiger partial charge >= 0.3 is 0 Å². The lowest BCUT2D eigenvalue weighted by Gasteiger charge is -2.42. The van der Waals surface area contributed by atoms with Gasteiger partial charge in [-0.1, -0.05) is 18.2 Å². The van der Waals surface area contributed by atoms with Gasteiger partial charge in [0.1, 0.15) is 17.8 Å². The van der Waals surface area contributed by atoms with Crippen molar-refractivity contribution in [3.63, 3.8) is 0 Å². The van der Waals surface area contributed by atoms with E-state index in [1.807, 2.05) is 35.0 Å². The molecule has 0 bridgehead atoms. The van der Waals surface area contributed by atoms with Crippen LogP contribution in [0.5, 0.6) is 0 Å². The highest BCUT2D eigenvalue weighted by Gasteiger charge is 2.42. The van der Waals surface area contributed by atoms with E-state index in [-0.39, 0.29) is 11.7 Å². The van der Waals surface area contributed by atoms with Crippen molar-refractivity contribution >= 4 is 0 Å². The smallest absolute Gasteiger partial charge is 0.146 e. The van der Waals surface area contributed by atoms with Crippen molar-refractivity contribution in [2.75, 3.05) is 26.3 Å². The Balaban J connectivity index is 1.53. The summed E-state index contributed by atoms with van der Waals surface area (Å²) in [6.45, 7) is 6.18. The summed E-state index contributed by atoms with van der Waals surface area (Å²) in [5, 5.41) is 4.38. The molecule has 6 heteroatoms. The highest BCUT2D eigenvalue weighted by Crippen LogP contribution is 2.30. The molecular formula is C17H22N4O2. The molecule has 1 aromatic heterocycles. The first kappa shape index (κ1) is 14.8. The van der Waals surface area contributed by atoms with Gasteiger partial charge in [-0.3, -0.25) is 4.90 Å². The van der Waals surface area contributed by atoms with E-state index in [2.05, 4.69) is 21.9 Å². The number of hydrogen-bond acceptors (Lipinski definition) is 5. The van der Waals surface area contributed by atoms with Gasteiger partial charge in [0.05, 0.1) is 24.9 Å². The summed E-state index contributed by atoms with van der Waals surface area (Å²) in [6.07, 6.45) is 2.80. The fraction of sp³-hybridized carbons (Fsp3) is 0.529. The van der Waals surface area contributed by atoms with E-state index in [1.165, 1.54) is 0 Å². The van der Waals surface area contributed by atoms with E-state index < -0.39 is 0 Å². The molecular weight excluding hydrogens is 292 g/mol. The SMILES string of the molecule is CC1CN(Cc2ncnn2-c2ccccc2)CC2(CCOC2)O1. The summed E-state index contributed by atoms with van der Waals surface area (Å²) >= 11 is 0. The second-order valence-electron chi connectivity index (χ2n) is 6.51. The summed E-state index contributed by atoms with van der Waals surface area (Å²) in [5.41, 5.74) is 0.898. The van der Waals surface area contributed by atoms with Gasteiger partial charge < -0.3 is 9.47 Å². The Kier molecular flexibility index (Phi) is 3.88. The van der Waals surface area contributed by atoms with Crippen molar-refractivity contribution < 1.29 is 9.47 Å². The molecule has 122 valence electrons. The van der Waals surface area contributed by atoms with Crippen LogP contribution in [0.25, 0.3) is 5.69 Å². The lowest BCUT2D eigenvalue weighted by atomic mass is 9.99. The Labute approximate surface area is 136 Å². The average molecular weight is 314 g/mol. The van der Waals surface area contributed by atoms with Crippen molar-refractivity contribution in [3.8, 4) is 5.69 Å². The zero-order valence-electron chi connectivity index (χ0n) is 13.4. The van der Waals surface area contributed by atoms with Crippen LogP contribution >= 0.6 is 0 Å². The van der Waals surface area contributed by atoms with Crippen LogP contribution in [0, 0.1) is 0 Å². The van der Waals surface area contributed by atoms with Gasteiger partial charge in [0, 0.05) is 26.1 Å². The number of hydrogen-bond donors (Lipinski definition) is 0. The summed E-state index contributed by atoms with van der Waals surface area (Å²) in [6, 6.07) is 10.1. The fourth-order valence-electron chi connectivity index (χ4n) is 3.62. The van der Waals surface area contributed by atoms with E-state index in [4.69, 9.17) is 9.47 Å². The van der Waals surface area contributed by atoms with Crippen molar-refractivity contribution in [2.45, 2.75) is 31.6 Å². The molecule has 2 fully saturated rings. The van der Waals surface area contributed by atoms with Crippen LogP contribution in [0.1, 0.15) is 19.2 Å². The highest BCUT2D eigenvalue weighted by atomic mass is 16.6. The van der Waals surface area contributed by atoms with E-state index in [1.54, 1.807) is 6.33 Å².